The Labute approximate surface area is 160 Å². The van der Waals surface area contributed by atoms with Crippen molar-refractivity contribution in [1.29, 1.82) is 0 Å². The maximum absolute atomic E-state index is 12.7. The molecular formula is C21H39NO3S. The number of carbonyl (C=O) groups excluding carboxylic acids is 1. The average Bonchev–Trinajstić information content (AvgIpc) is 3.17. The van der Waals surface area contributed by atoms with Crippen molar-refractivity contribution in [3.8, 4) is 0 Å². The smallest absolute Gasteiger partial charge is 0.236 e. The molecule has 2 rings (SSSR count). The highest BCUT2D eigenvalue weighted by Crippen LogP contribution is 2.67. The summed E-state index contributed by atoms with van der Waals surface area (Å²) in [7, 11) is -3.49. The third kappa shape index (κ3) is 3.70. The van der Waals surface area contributed by atoms with Gasteiger partial charge in [-0.25, -0.2) is 8.42 Å². The molecule has 0 aromatic carbocycles. The molecule has 0 aromatic rings. The van der Waals surface area contributed by atoms with Gasteiger partial charge in [0.2, 0.25) is 15.9 Å². The quantitative estimate of drug-likeness (QED) is 0.664. The van der Waals surface area contributed by atoms with Crippen molar-refractivity contribution in [3.63, 3.8) is 0 Å². The van der Waals surface area contributed by atoms with Crippen LogP contribution in [0.25, 0.3) is 0 Å². The van der Waals surface area contributed by atoms with Crippen LogP contribution in [0, 0.1) is 40.4 Å². The van der Waals surface area contributed by atoms with Crippen LogP contribution in [0.2, 0.25) is 0 Å². The normalized spacial score (nSPS) is 32.0. The Kier molecular flexibility index (Phi) is 6.22. The second-order valence-electron chi connectivity index (χ2n) is 9.51. The summed E-state index contributed by atoms with van der Waals surface area (Å²) in [6.07, 6.45) is 7.56. The molecule has 2 fully saturated rings. The molecule has 5 atom stereocenters. The van der Waals surface area contributed by atoms with Crippen molar-refractivity contribution in [1.82, 2.24) is 4.72 Å². The molecule has 2 bridgehead atoms. The van der Waals surface area contributed by atoms with E-state index in [0.29, 0.717) is 29.1 Å². The molecule has 0 aromatic heterocycles. The van der Waals surface area contributed by atoms with Crippen LogP contribution < -0.4 is 4.72 Å². The monoisotopic (exact) mass is 385 g/mol. The molecule has 2 aliphatic rings. The Balaban J connectivity index is 2.41. The van der Waals surface area contributed by atoms with Crippen molar-refractivity contribution in [2.24, 2.45) is 40.4 Å². The molecule has 0 saturated heterocycles. The minimum absolute atomic E-state index is 0.147. The van der Waals surface area contributed by atoms with Crippen LogP contribution in [0.3, 0.4) is 0 Å². The van der Waals surface area contributed by atoms with E-state index < -0.39 is 10.0 Å². The molecule has 4 nitrogen and oxygen atoms in total. The zero-order valence-electron chi connectivity index (χ0n) is 17.8. The Hall–Kier alpha value is -0.580. The standard InChI is InChI=1S/C21H39NO3S/c1-8-20(5,9-2)17-14-12-15(18(17)21(6,10-3)11-4)16(13-14)19(23)22-26(7,24)25/h14-18H,8-13H2,1-7H3,(H,22,23). The van der Waals surface area contributed by atoms with Crippen LogP contribution in [-0.2, 0) is 14.8 Å². The molecule has 152 valence electrons. The van der Waals surface area contributed by atoms with Crippen LogP contribution in [0.15, 0.2) is 0 Å². The van der Waals surface area contributed by atoms with E-state index in [-0.39, 0.29) is 17.2 Å². The van der Waals surface area contributed by atoms with E-state index in [1.54, 1.807) is 0 Å². The summed E-state index contributed by atoms with van der Waals surface area (Å²) in [5.41, 5.74) is 0.508. The molecule has 0 spiro atoms. The lowest BCUT2D eigenvalue weighted by Crippen LogP contribution is -2.49. The molecule has 26 heavy (non-hydrogen) atoms. The number of fused-ring (bicyclic) bond motifs is 2. The molecule has 5 heteroatoms. The number of nitrogens with one attached hydrogen (secondary N) is 1. The van der Waals surface area contributed by atoms with Crippen molar-refractivity contribution in [2.75, 3.05) is 6.26 Å². The van der Waals surface area contributed by atoms with E-state index in [1.807, 2.05) is 0 Å². The highest BCUT2D eigenvalue weighted by Gasteiger charge is 2.62. The highest BCUT2D eigenvalue weighted by atomic mass is 32.2. The number of carbonyl (C=O) groups is 1. The second-order valence-corrected chi connectivity index (χ2v) is 11.3. The number of amides is 1. The summed E-state index contributed by atoms with van der Waals surface area (Å²) in [5.74, 6) is 1.57. The maximum Gasteiger partial charge on any atom is 0.236 e. The molecule has 1 N–H and O–H groups in total. The first kappa shape index (κ1) is 21.7. The van der Waals surface area contributed by atoms with Crippen molar-refractivity contribution in [2.45, 2.75) is 80.1 Å². The minimum Gasteiger partial charge on any atom is -0.274 e. The lowest BCUT2D eigenvalue weighted by atomic mass is 9.53. The van der Waals surface area contributed by atoms with Gasteiger partial charge in [0.1, 0.15) is 0 Å². The molecule has 2 aliphatic carbocycles. The van der Waals surface area contributed by atoms with Crippen molar-refractivity contribution >= 4 is 15.9 Å². The van der Waals surface area contributed by atoms with Gasteiger partial charge in [-0.3, -0.25) is 9.52 Å². The maximum atomic E-state index is 12.7. The lowest BCUT2D eigenvalue weighted by Gasteiger charge is -2.52. The molecule has 0 radical (unpaired) electrons. The predicted molar refractivity (Wildman–Crippen MR) is 107 cm³/mol. The Morgan fingerprint density at radius 3 is 1.81 bits per heavy atom. The Morgan fingerprint density at radius 2 is 1.38 bits per heavy atom. The van der Waals surface area contributed by atoms with Gasteiger partial charge in [-0.1, -0.05) is 67.2 Å². The lowest BCUT2D eigenvalue weighted by molar-refractivity contribution is -0.129. The zero-order chi connectivity index (χ0) is 19.9. The van der Waals surface area contributed by atoms with Gasteiger partial charge in [0.05, 0.1) is 6.26 Å². The summed E-state index contributed by atoms with van der Waals surface area (Å²) >= 11 is 0. The van der Waals surface area contributed by atoms with Crippen molar-refractivity contribution < 1.29 is 13.2 Å². The summed E-state index contributed by atoms with van der Waals surface area (Å²) in [6.45, 7) is 14.0. The number of hydrogen-bond donors (Lipinski definition) is 1. The van der Waals surface area contributed by atoms with Gasteiger partial charge in [-0.15, -0.1) is 0 Å². The fourth-order valence-electron chi connectivity index (χ4n) is 6.32. The zero-order valence-corrected chi connectivity index (χ0v) is 18.6. The largest absolute Gasteiger partial charge is 0.274 e. The van der Waals surface area contributed by atoms with E-state index >= 15 is 0 Å². The highest BCUT2D eigenvalue weighted by molar-refractivity contribution is 7.89. The van der Waals surface area contributed by atoms with Crippen LogP contribution in [0.5, 0.6) is 0 Å². The third-order valence-electron chi connectivity index (χ3n) is 8.47. The van der Waals surface area contributed by atoms with E-state index in [9.17, 15) is 13.2 Å². The van der Waals surface area contributed by atoms with Crippen LogP contribution >= 0.6 is 0 Å². The predicted octanol–water partition coefficient (Wildman–Crippen LogP) is 4.60. The average molecular weight is 386 g/mol. The van der Waals surface area contributed by atoms with Gasteiger partial charge in [0.25, 0.3) is 0 Å². The summed E-state index contributed by atoms with van der Waals surface area (Å²) in [6, 6.07) is 0. The number of sulfonamides is 1. The van der Waals surface area contributed by atoms with Gasteiger partial charge in [0.15, 0.2) is 0 Å². The SMILES string of the molecule is CCC(C)(CC)C1C2CC(C(=O)NS(C)(=O)=O)C(C2)C1C(C)(CC)CC. The van der Waals surface area contributed by atoms with E-state index in [4.69, 9.17) is 0 Å². The topological polar surface area (TPSA) is 63.2 Å². The minimum atomic E-state index is -3.49. The number of rotatable bonds is 8. The molecule has 5 unspecified atom stereocenters. The Morgan fingerprint density at radius 1 is 0.923 bits per heavy atom. The summed E-state index contributed by atoms with van der Waals surface area (Å²) < 4.78 is 25.4. The van der Waals surface area contributed by atoms with Gasteiger partial charge in [0, 0.05) is 5.92 Å². The first-order valence-electron chi connectivity index (χ1n) is 10.5. The summed E-state index contributed by atoms with van der Waals surface area (Å²) in [4.78, 5) is 12.7. The van der Waals surface area contributed by atoms with E-state index in [2.05, 4.69) is 46.3 Å². The van der Waals surface area contributed by atoms with Gasteiger partial charge >= 0.3 is 0 Å². The van der Waals surface area contributed by atoms with E-state index in [0.717, 1.165) is 44.8 Å². The molecule has 1 amide bonds. The van der Waals surface area contributed by atoms with E-state index in [1.165, 1.54) is 0 Å². The fraction of sp³-hybridized carbons (Fsp3) is 0.952. The molecule has 2 saturated carbocycles. The van der Waals surface area contributed by atoms with Gasteiger partial charge in [-0.05, 0) is 47.3 Å². The van der Waals surface area contributed by atoms with Gasteiger partial charge in [-0.2, -0.15) is 0 Å². The van der Waals surface area contributed by atoms with Gasteiger partial charge < -0.3 is 0 Å². The van der Waals surface area contributed by atoms with Crippen LogP contribution in [0.1, 0.15) is 80.1 Å². The first-order chi connectivity index (χ1) is 12.0. The Bertz CT molecular complexity index is 619. The molecule has 0 heterocycles. The first-order valence-corrected chi connectivity index (χ1v) is 12.4. The molecular weight excluding hydrogens is 346 g/mol. The summed E-state index contributed by atoms with van der Waals surface area (Å²) in [5, 5.41) is 0. The fourth-order valence-corrected chi connectivity index (χ4v) is 6.83. The third-order valence-corrected chi connectivity index (χ3v) is 9.04. The second kappa shape index (κ2) is 7.44. The number of hydrogen-bond acceptors (Lipinski definition) is 3. The van der Waals surface area contributed by atoms with Crippen molar-refractivity contribution in [3.05, 3.63) is 0 Å². The molecule has 0 aliphatic heterocycles. The van der Waals surface area contributed by atoms with Crippen LogP contribution in [0.4, 0.5) is 0 Å². The van der Waals surface area contributed by atoms with Crippen LogP contribution in [-0.4, -0.2) is 20.6 Å².